The Morgan fingerprint density at radius 3 is 2.82 bits per heavy atom. The summed E-state index contributed by atoms with van der Waals surface area (Å²) in [6.07, 6.45) is 6.65. The van der Waals surface area contributed by atoms with Crippen LogP contribution in [0.15, 0.2) is 0 Å². The molecule has 0 aliphatic rings. The highest BCUT2D eigenvalue weighted by Crippen LogP contribution is 1.90. The Morgan fingerprint density at radius 1 is 1.73 bits per heavy atom. The Balaban J connectivity index is 3.16. The Bertz CT molecular complexity index is 158. The molecular weight excluding hydrogens is 140 g/mol. The zero-order chi connectivity index (χ0) is 8.69. The lowest BCUT2D eigenvalue weighted by Crippen LogP contribution is -2.31. The lowest BCUT2D eigenvalue weighted by molar-refractivity contribution is 0.662. The van der Waals surface area contributed by atoms with Gasteiger partial charge in [-0.25, -0.2) is 0 Å². The highest BCUT2D eigenvalue weighted by Gasteiger charge is 1.95. The molecular formula is C7H14N4. The average molecular weight is 154 g/mol. The van der Waals surface area contributed by atoms with Crippen LogP contribution >= 0.6 is 0 Å². The summed E-state index contributed by atoms with van der Waals surface area (Å²) in [5.41, 5.74) is 10.5. The molecule has 0 aliphatic carbocycles. The van der Waals surface area contributed by atoms with Crippen molar-refractivity contribution in [2.45, 2.75) is 18.9 Å². The van der Waals surface area contributed by atoms with Crippen molar-refractivity contribution in [1.29, 1.82) is 5.41 Å². The van der Waals surface area contributed by atoms with Gasteiger partial charge in [0, 0.05) is 6.54 Å². The molecule has 0 fully saturated rings. The van der Waals surface area contributed by atoms with E-state index in [-0.39, 0.29) is 12.0 Å². The standard InChI is InChI=1S/C7H14N4/c1-2-6(8)4-3-5-11-7(9)10/h1,6H,3-5,8H2,(H4,9,10,11). The molecule has 0 rings (SSSR count). The third kappa shape index (κ3) is 6.68. The third-order valence-corrected chi connectivity index (χ3v) is 1.22. The van der Waals surface area contributed by atoms with Gasteiger partial charge in [-0.1, -0.05) is 5.92 Å². The molecule has 0 bridgehead atoms. The van der Waals surface area contributed by atoms with Gasteiger partial charge in [0.15, 0.2) is 5.96 Å². The van der Waals surface area contributed by atoms with Crippen molar-refractivity contribution in [2.75, 3.05) is 6.54 Å². The Kier molecular flexibility index (Phi) is 4.95. The lowest BCUT2D eigenvalue weighted by Gasteiger charge is -2.04. The second-order valence-corrected chi connectivity index (χ2v) is 2.26. The van der Waals surface area contributed by atoms with Crippen molar-refractivity contribution < 1.29 is 0 Å². The van der Waals surface area contributed by atoms with Crippen LogP contribution in [0.2, 0.25) is 0 Å². The highest BCUT2D eigenvalue weighted by molar-refractivity contribution is 5.74. The molecule has 4 heteroatoms. The first kappa shape index (κ1) is 9.79. The third-order valence-electron chi connectivity index (χ3n) is 1.22. The largest absolute Gasteiger partial charge is 0.370 e. The van der Waals surface area contributed by atoms with Crippen molar-refractivity contribution >= 4 is 5.96 Å². The van der Waals surface area contributed by atoms with Crippen LogP contribution in [0, 0.1) is 17.8 Å². The number of rotatable bonds is 4. The zero-order valence-corrected chi connectivity index (χ0v) is 6.43. The fourth-order valence-corrected chi connectivity index (χ4v) is 0.628. The fraction of sp³-hybridized carbons (Fsp3) is 0.571. The minimum Gasteiger partial charge on any atom is -0.370 e. The number of hydrogen-bond acceptors (Lipinski definition) is 2. The van der Waals surface area contributed by atoms with E-state index >= 15 is 0 Å². The topological polar surface area (TPSA) is 87.9 Å². The van der Waals surface area contributed by atoms with Crippen LogP contribution in [-0.2, 0) is 0 Å². The van der Waals surface area contributed by atoms with Crippen molar-refractivity contribution in [1.82, 2.24) is 5.32 Å². The molecule has 0 saturated carbocycles. The van der Waals surface area contributed by atoms with Gasteiger partial charge < -0.3 is 16.8 Å². The molecule has 0 spiro atoms. The normalized spacial score (nSPS) is 11.6. The van der Waals surface area contributed by atoms with Crippen LogP contribution in [0.1, 0.15) is 12.8 Å². The first-order valence-electron chi connectivity index (χ1n) is 3.46. The molecule has 6 N–H and O–H groups in total. The summed E-state index contributed by atoms with van der Waals surface area (Å²) < 4.78 is 0. The Labute approximate surface area is 66.8 Å². The summed E-state index contributed by atoms with van der Waals surface area (Å²) in [7, 11) is 0. The van der Waals surface area contributed by atoms with Gasteiger partial charge in [0.1, 0.15) is 0 Å². The van der Waals surface area contributed by atoms with Gasteiger partial charge in [-0.15, -0.1) is 6.42 Å². The van der Waals surface area contributed by atoms with Crippen LogP contribution in [0.4, 0.5) is 0 Å². The molecule has 0 aromatic carbocycles. The van der Waals surface area contributed by atoms with Gasteiger partial charge in [0.05, 0.1) is 6.04 Å². The first-order chi connectivity index (χ1) is 5.16. The smallest absolute Gasteiger partial charge is 0.185 e. The van der Waals surface area contributed by atoms with Gasteiger partial charge in [0.25, 0.3) is 0 Å². The summed E-state index contributed by atoms with van der Waals surface area (Å²) in [6.45, 7) is 0.657. The number of terminal acetylenes is 1. The Morgan fingerprint density at radius 2 is 2.36 bits per heavy atom. The molecule has 0 aromatic heterocycles. The van der Waals surface area contributed by atoms with Crippen LogP contribution in [-0.4, -0.2) is 18.5 Å². The van der Waals surface area contributed by atoms with E-state index in [9.17, 15) is 0 Å². The first-order valence-corrected chi connectivity index (χ1v) is 3.46. The maximum atomic E-state index is 6.82. The summed E-state index contributed by atoms with van der Waals surface area (Å²) in [5, 5.41) is 9.48. The maximum absolute atomic E-state index is 6.82. The summed E-state index contributed by atoms with van der Waals surface area (Å²) in [5.74, 6) is 2.40. The van der Waals surface area contributed by atoms with E-state index in [1.54, 1.807) is 0 Å². The van der Waals surface area contributed by atoms with Crippen molar-refractivity contribution in [3.8, 4) is 12.3 Å². The van der Waals surface area contributed by atoms with Crippen molar-refractivity contribution in [2.24, 2.45) is 11.5 Å². The van der Waals surface area contributed by atoms with Gasteiger partial charge >= 0.3 is 0 Å². The van der Waals surface area contributed by atoms with Crippen LogP contribution in [0.5, 0.6) is 0 Å². The van der Waals surface area contributed by atoms with Crippen molar-refractivity contribution in [3.63, 3.8) is 0 Å². The quantitative estimate of drug-likeness (QED) is 0.185. The van der Waals surface area contributed by atoms with E-state index in [0.717, 1.165) is 12.8 Å². The van der Waals surface area contributed by atoms with E-state index in [2.05, 4.69) is 11.2 Å². The number of guanidine groups is 1. The zero-order valence-electron chi connectivity index (χ0n) is 6.43. The van der Waals surface area contributed by atoms with Crippen LogP contribution in [0.25, 0.3) is 0 Å². The van der Waals surface area contributed by atoms with E-state index < -0.39 is 0 Å². The molecule has 11 heavy (non-hydrogen) atoms. The molecule has 0 aromatic rings. The molecule has 0 heterocycles. The molecule has 4 nitrogen and oxygen atoms in total. The lowest BCUT2D eigenvalue weighted by atomic mass is 10.2. The minimum atomic E-state index is -0.177. The summed E-state index contributed by atoms with van der Waals surface area (Å²) >= 11 is 0. The van der Waals surface area contributed by atoms with Gasteiger partial charge in [-0.3, -0.25) is 5.41 Å². The molecule has 0 amide bonds. The second kappa shape index (κ2) is 5.57. The maximum Gasteiger partial charge on any atom is 0.185 e. The molecule has 0 aliphatic heterocycles. The predicted molar refractivity (Wildman–Crippen MR) is 46.0 cm³/mol. The van der Waals surface area contributed by atoms with Crippen LogP contribution in [0.3, 0.4) is 0 Å². The number of hydrogen-bond donors (Lipinski definition) is 4. The van der Waals surface area contributed by atoms with Gasteiger partial charge in [-0.2, -0.15) is 0 Å². The van der Waals surface area contributed by atoms with Crippen LogP contribution < -0.4 is 16.8 Å². The SMILES string of the molecule is C#CC(N)CCCNC(=N)N. The Hall–Kier alpha value is -1.21. The monoisotopic (exact) mass is 154 g/mol. The van der Waals surface area contributed by atoms with Gasteiger partial charge in [-0.05, 0) is 12.8 Å². The summed E-state index contributed by atoms with van der Waals surface area (Å²) in [6, 6.07) is -0.177. The predicted octanol–water partition coefficient (Wildman–Crippen LogP) is -0.790. The van der Waals surface area contributed by atoms with E-state index in [1.165, 1.54) is 0 Å². The minimum absolute atomic E-state index is 0.0146. The van der Waals surface area contributed by atoms with Crippen molar-refractivity contribution in [3.05, 3.63) is 0 Å². The summed E-state index contributed by atoms with van der Waals surface area (Å²) in [4.78, 5) is 0. The number of nitrogens with one attached hydrogen (secondary N) is 2. The highest BCUT2D eigenvalue weighted by atomic mass is 15.0. The van der Waals surface area contributed by atoms with E-state index in [0.29, 0.717) is 6.54 Å². The molecule has 0 radical (unpaired) electrons. The number of nitrogens with two attached hydrogens (primary N) is 2. The molecule has 1 unspecified atom stereocenters. The fourth-order valence-electron chi connectivity index (χ4n) is 0.628. The van der Waals surface area contributed by atoms with Gasteiger partial charge in [0.2, 0.25) is 0 Å². The molecule has 1 atom stereocenters. The van der Waals surface area contributed by atoms with E-state index in [1.807, 2.05) is 0 Å². The van der Waals surface area contributed by atoms with E-state index in [4.69, 9.17) is 23.3 Å². The molecule has 62 valence electrons. The average Bonchev–Trinajstić information content (AvgIpc) is 1.97. The molecule has 0 saturated heterocycles. The second-order valence-electron chi connectivity index (χ2n) is 2.26.